The van der Waals surface area contributed by atoms with E-state index in [0.29, 0.717) is 17.5 Å². The first-order valence-electron chi connectivity index (χ1n) is 4.66. The molecule has 0 fully saturated rings. The predicted octanol–water partition coefficient (Wildman–Crippen LogP) is 3.37. The zero-order valence-corrected chi connectivity index (χ0v) is 9.31. The molecule has 82 valence electrons. The van der Waals surface area contributed by atoms with Crippen molar-refractivity contribution in [2.45, 2.75) is 26.2 Å². The topological polar surface area (TPSA) is 37.3 Å². The van der Waals surface area contributed by atoms with E-state index >= 15 is 0 Å². The minimum Gasteiger partial charge on any atom is -0.481 e. The third-order valence-corrected chi connectivity index (χ3v) is 2.93. The number of rotatable bonds is 3. The molecule has 1 N–H and O–H groups in total. The molecule has 0 saturated heterocycles. The van der Waals surface area contributed by atoms with Crippen LogP contribution in [0, 0.1) is 12.7 Å². The standard InChI is InChI=1S/C11H12ClFO2/c1-3-7(11(14)15)8-4-5-9(13)10(12)6(8)2/h4-5,7H,3H2,1-2H3,(H,14,15). The van der Waals surface area contributed by atoms with E-state index < -0.39 is 17.7 Å². The first-order valence-corrected chi connectivity index (χ1v) is 5.04. The zero-order valence-electron chi connectivity index (χ0n) is 8.55. The number of carbonyl (C=O) groups is 1. The molecule has 1 unspecified atom stereocenters. The molecule has 1 aromatic rings. The second-order valence-corrected chi connectivity index (χ2v) is 3.75. The van der Waals surface area contributed by atoms with Crippen LogP contribution in [0.1, 0.15) is 30.4 Å². The van der Waals surface area contributed by atoms with Gasteiger partial charge in [0, 0.05) is 0 Å². The number of aliphatic carboxylic acids is 1. The van der Waals surface area contributed by atoms with Crippen LogP contribution in [-0.2, 0) is 4.79 Å². The maximum Gasteiger partial charge on any atom is 0.310 e. The van der Waals surface area contributed by atoms with Crippen LogP contribution >= 0.6 is 11.6 Å². The van der Waals surface area contributed by atoms with Crippen molar-refractivity contribution in [1.29, 1.82) is 0 Å². The Hall–Kier alpha value is -1.09. The molecular weight excluding hydrogens is 219 g/mol. The fourth-order valence-electron chi connectivity index (χ4n) is 1.57. The number of carboxylic acid groups (broad SMARTS) is 1. The number of halogens is 2. The highest BCUT2D eigenvalue weighted by Gasteiger charge is 2.21. The Morgan fingerprint density at radius 2 is 2.20 bits per heavy atom. The molecule has 0 amide bonds. The second-order valence-electron chi connectivity index (χ2n) is 3.37. The molecule has 0 aliphatic rings. The number of carboxylic acids is 1. The van der Waals surface area contributed by atoms with Gasteiger partial charge in [0.15, 0.2) is 0 Å². The molecule has 0 bridgehead atoms. The first kappa shape index (κ1) is 12.0. The fourth-order valence-corrected chi connectivity index (χ4v) is 1.74. The van der Waals surface area contributed by atoms with Crippen molar-refractivity contribution in [3.63, 3.8) is 0 Å². The summed E-state index contributed by atoms with van der Waals surface area (Å²) in [6.07, 6.45) is 0.456. The third kappa shape index (κ3) is 2.29. The van der Waals surface area contributed by atoms with Crippen LogP contribution in [0.25, 0.3) is 0 Å². The molecule has 15 heavy (non-hydrogen) atoms. The van der Waals surface area contributed by atoms with Gasteiger partial charge >= 0.3 is 5.97 Å². The minimum absolute atomic E-state index is 0.00667. The van der Waals surface area contributed by atoms with Gasteiger partial charge in [0.2, 0.25) is 0 Å². The van der Waals surface area contributed by atoms with Gasteiger partial charge in [-0.3, -0.25) is 4.79 Å². The van der Waals surface area contributed by atoms with Gasteiger partial charge in [-0.1, -0.05) is 24.6 Å². The molecule has 0 spiro atoms. The smallest absolute Gasteiger partial charge is 0.310 e. The van der Waals surface area contributed by atoms with Crippen LogP contribution in [0.5, 0.6) is 0 Å². The molecule has 1 aromatic carbocycles. The van der Waals surface area contributed by atoms with E-state index in [-0.39, 0.29) is 5.02 Å². The summed E-state index contributed by atoms with van der Waals surface area (Å²) in [6, 6.07) is 2.69. The molecule has 0 saturated carbocycles. The predicted molar refractivity (Wildman–Crippen MR) is 56.8 cm³/mol. The monoisotopic (exact) mass is 230 g/mol. The van der Waals surface area contributed by atoms with Crippen molar-refractivity contribution in [2.24, 2.45) is 0 Å². The van der Waals surface area contributed by atoms with Gasteiger partial charge in [0.1, 0.15) is 5.82 Å². The quantitative estimate of drug-likeness (QED) is 0.865. The molecule has 1 atom stereocenters. The highest BCUT2D eigenvalue weighted by Crippen LogP contribution is 2.29. The van der Waals surface area contributed by atoms with Crippen LogP contribution in [0.3, 0.4) is 0 Å². The molecular formula is C11H12ClFO2. The van der Waals surface area contributed by atoms with Crippen LogP contribution in [0.4, 0.5) is 4.39 Å². The van der Waals surface area contributed by atoms with E-state index in [1.165, 1.54) is 12.1 Å². The Morgan fingerprint density at radius 3 is 2.67 bits per heavy atom. The molecule has 1 rings (SSSR count). The highest BCUT2D eigenvalue weighted by atomic mass is 35.5. The van der Waals surface area contributed by atoms with Gasteiger partial charge in [-0.2, -0.15) is 0 Å². The summed E-state index contributed by atoms with van der Waals surface area (Å²) in [5, 5.41) is 8.98. The van der Waals surface area contributed by atoms with Gasteiger partial charge in [-0.15, -0.1) is 0 Å². The SMILES string of the molecule is CCC(C(=O)O)c1ccc(F)c(Cl)c1C. The van der Waals surface area contributed by atoms with E-state index in [1.807, 2.05) is 0 Å². The third-order valence-electron chi connectivity index (χ3n) is 2.46. The van der Waals surface area contributed by atoms with Gasteiger partial charge in [-0.05, 0) is 30.5 Å². The fraction of sp³-hybridized carbons (Fsp3) is 0.364. The summed E-state index contributed by atoms with van der Waals surface area (Å²) in [4.78, 5) is 10.9. The Morgan fingerprint density at radius 1 is 1.60 bits per heavy atom. The lowest BCUT2D eigenvalue weighted by molar-refractivity contribution is -0.138. The molecule has 4 heteroatoms. The normalized spacial score (nSPS) is 12.5. The summed E-state index contributed by atoms with van der Waals surface area (Å²) >= 11 is 5.72. The maximum atomic E-state index is 13.0. The van der Waals surface area contributed by atoms with Gasteiger partial charge in [-0.25, -0.2) is 4.39 Å². The summed E-state index contributed by atoms with van der Waals surface area (Å²) in [5.74, 6) is -2.05. The molecule has 0 aliphatic carbocycles. The van der Waals surface area contributed by atoms with Crippen molar-refractivity contribution in [3.8, 4) is 0 Å². The Labute approximate surface area is 92.7 Å². The van der Waals surface area contributed by atoms with Crippen molar-refractivity contribution in [2.75, 3.05) is 0 Å². The molecule has 0 aromatic heterocycles. The second kappa shape index (κ2) is 4.62. The van der Waals surface area contributed by atoms with E-state index in [0.717, 1.165) is 0 Å². The average Bonchev–Trinajstić information content (AvgIpc) is 2.18. The van der Waals surface area contributed by atoms with Gasteiger partial charge in [0.25, 0.3) is 0 Å². The van der Waals surface area contributed by atoms with Gasteiger partial charge in [0.05, 0.1) is 10.9 Å². The van der Waals surface area contributed by atoms with Crippen molar-refractivity contribution < 1.29 is 14.3 Å². The number of hydrogen-bond acceptors (Lipinski definition) is 1. The molecule has 2 nitrogen and oxygen atoms in total. The lowest BCUT2D eigenvalue weighted by Gasteiger charge is -2.14. The minimum atomic E-state index is -0.914. The van der Waals surface area contributed by atoms with E-state index in [2.05, 4.69) is 0 Å². The average molecular weight is 231 g/mol. The van der Waals surface area contributed by atoms with Crippen LogP contribution < -0.4 is 0 Å². The lowest BCUT2D eigenvalue weighted by Crippen LogP contribution is -2.12. The summed E-state index contributed by atoms with van der Waals surface area (Å²) in [7, 11) is 0. The van der Waals surface area contributed by atoms with Crippen molar-refractivity contribution in [1.82, 2.24) is 0 Å². The van der Waals surface area contributed by atoms with Crippen molar-refractivity contribution >= 4 is 17.6 Å². The first-order chi connectivity index (χ1) is 6.99. The van der Waals surface area contributed by atoms with E-state index in [9.17, 15) is 9.18 Å². The molecule has 0 heterocycles. The molecule has 0 radical (unpaired) electrons. The van der Waals surface area contributed by atoms with Gasteiger partial charge < -0.3 is 5.11 Å². The lowest BCUT2D eigenvalue weighted by atomic mass is 9.93. The summed E-state index contributed by atoms with van der Waals surface area (Å²) < 4.78 is 13.0. The molecule has 0 aliphatic heterocycles. The van der Waals surface area contributed by atoms with E-state index in [1.54, 1.807) is 13.8 Å². The largest absolute Gasteiger partial charge is 0.481 e. The van der Waals surface area contributed by atoms with E-state index in [4.69, 9.17) is 16.7 Å². The zero-order chi connectivity index (χ0) is 11.6. The maximum absolute atomic E-state index is 13.0. The van der Waals surface area contributed by atoms with Crippen LogP contribution in [0.2, 0.25) is 5.02 Å². The number of benzene rings is 1. The summed E-state index contributed by atoms with van der Waals surface area (Å²) in [5.41, 5.74) is 1.09. The Bertz CT molecular complexity index is 390. The van der Waals surface area contributed by atoms with Crippen molar-refractivity contribution in [3.05, 3.63) is 34.1 Å². The van der Waals surface area contributed by atoms with Crippen LogP contribution in [-0.4, -0.2) is 11.1 Å². The summed E-state index contributed by atoms with van der Waals surface area (Å²) in [6.45, 7) is 3.40. The highest BCUT2D eigenvalue weighted by molar-refractivity contribution is 6.31. The Kier molecular flexibility index (Phi) is 3.69. The Balaban J connectivity index is 3.25. The number of hydrogen-bond donors (Lipinski definition) is 1. The van der Waals surface area contributed by atoms with Crippen LogP contribution in [0.15, 0.2) is 12.1 Å².